The highest BCUT2D eigenvalue weighted by molar-refractivity contribution is 6.31. The molecule has 0 saturated carbocycles. The molecule has 0 amide bonds. The molecule has 1 N–H and O–H groups in total. The van der Waals surface area contributed by atoms with E-state index in [-0.39, 0.29) is 0 Å². The minimum absolute atomic E-state index is 0.630. The summed E-state index contributed by atoms with van der Waals surface area (Å²) in [6, 6.07) is 3.81. The Labute approximate surface area is 120 Å². The van der Waals surface area contributed by atoms with Crippen molar-refractivity contribution in [2.45, 2.75) is 19.4 Å². The lowest BCUT2D eigenvalue weighted by Crippen LogP contribution is -2.36. The highest BCUT2D eigenvalue weighted by Crippen LogP contribution is 2.22. The molecule has 0 radical (unpaired) electrons. The van der Waals surface area contributed by atoms with Crippen LogP contribution in [0.2, 0.25) is 5.02 Å². The Morgan fingerprint density at radius 2 is 2.37 bits per heavy atom. The molecule has 0 spiro atoms. The average molecular weight is 284 g/mol. The van der Waals surface area contributed by atoms with Gasteiger partial charge in [-0.1, -0.05) is 11.6 Å². The van der Waals surface area contributed by atoms with Crippen LogP contribution in [0.3, 0.4) is 0 Å². The van der Waals surface area contributed by atoms with Gasteiger partial charge in [-0.3, -0.25) is 4.90 Å². The summed E-state index contributed by atoms with van der Waals surface area (Å²) >= 11 is 6.23. The van der Waals surface area contributed by atoms with Gasteiger partial charge < -0.3 is 10.1 Å². The monoisotopic (exact) mass is 283 g/mol. The number of nitrogens with zero attached hydrogens (tertiary/aromatic N) is 2. The average Bonchev–Trinajstić information content (AvgIpc) is 2.42. The van der Waals surface area contributed by atoms with Crippen LogP contribution in [0.15, 0.2) is 12.1 Å². The smallest absolute Gasteiger partial charge is 0.126 e. The maximum absolute atomic E-state index is 6.23. The van der Waals surface area contributed by atoms with Gasteiger partial charge >= 0.3 is 0 Å². The van der Waals surface area contributed by atoms with Gasteiger partial charge in [-0.2, -0.15) is 0 Å². The van der Waals surface area contributed by atoms with E-state index in [1.54, 1.807) is 7.11 Å². The van der Waals surface area contributed by atoms with Gasteiger partial charge in [0.05, 0.1) is 17.3 Å². The molecule has 1 fully saturated rings. The molecule has 5 heteroatoms. The Hall–Kier alpha value is -0.840. The summed E-state index contributed by atoms with van der Waals surface area (Å²) in [5.74, 6) is 1.50. The van der Waals surface area contributed by atoms with Crippen molar-refractivity contribution in [3.05, 3.63) is 22.8 Å². The molecule has 2 heterocycles. The molecule has 1 aromatic rings. The van der Waals surface area contributed by atoms with Crippen LogP contribution in [0.5, 0.6) is 0 Å². The van der Waals surface area contributed by atoms with E-state index in [2.05, 4.69) is 15.2 Å². The second-order valence-electron chi connectivity index (χ2n) is 5.07. The molecular formula is C14H22ClN3O. The van der Waals surface area contributed by atoms with E-state index in [9.17, 15) is 0 Å². The van der Waals surface area contributed by atoms with Gasteiger partial charge in [0.25, 0.3) is 0 Å². The Morgan fingerprint density at radius 3 is 3.11 bits per heavy atom. The Kier molecular flexibility index (Phi) is 5.43. The van der Waals surface area contributed by atoms with E-state index in [0.29, 0.717) is 5.92 Å². The van der Waals surface area contributed by atoms with Crippen LogP contribution in [0.4, 0.5) is 5.82 Å². The maximum atomic E-state index is 6.23. The minimum atomic E-state index is 0.630. The van der Waals surface area contributed by atoms with E-state index in [0.717, 1.165) is 42.8 Å². The Morgan fingerprint density at radius 1 is 1.53 bits per heavy atom. The zero-order chi connectivity index (χ0) is 13.7. The maximum Gasteiger partial charge on any atom is 0.126 e. The molecule has 19 heavy (non-hydrogen) atoms. The van der Waals surface area contributed by atoms with Gasteiger partial charge in [-0.25, -0.2) is 4.98 Å². The second kappa shape index (κ2) is 7.08. The normalized spacial score (nSPS) is 20.5. The standard InChI is InChI=1S/C14H22ClN3O/c1-16-14-6-5-12(15)13(17-14)9-18-7-3-4-11(8-18)10-19-2/h5-6,11H,3-4,7-10H2,1-2H3,(H,16,17). The van der Waals surface area contributed by atoms with Crippen LogP contribution in [-0.2, 0) is 11.3 Å². The molecule has 0 bridgehead atoms. The van der Waals surface area contributed by atoms with Crippen molar-refractivity contribution in [1.29, 1.82) is 0 Å². The number of aromatic nitrogens is 1. The molecule has 4 nitrogen and oxygen atoms in total. The Balaban J connectivity index is 2.00. The summed E-state index contributed by atoms with van der Waals surface area (Å²) in [6.45, 7) is 3.83. The van der Waals surface area contributed by atoms with Crippen LogP contribution in [-0.4, -0.2) is 43.7 Å². The number of methoxy groups -OCH3 is 1. The number of likely N-dealkylation sites (tertiary alicyclic amines) is 1. The first kappa shape index (κ1) is 14.6. The fraction of sp³-hybridized carbons (Fsp3) is 0.643. The lowest BCUT2D eigenvalue weighted by atomic mass is 9.99. The topological polar surface area (TPSA) is 37.4 Å². The van der Waals surface area contributed by atoms with Crippen molar-refractivity contribution in [2.24, 2.45) is 5.92 Å². The molecule has 1 aromatic heterocycles. The van der Waals surface area contributed by atoms with E-state index >= 15 is 0 Å². The molecular weight excluding hydrogens is 262 g/mol. The number of hydrogen-bond donors (Lipinski definition) is 1. The van der Waals surface area contributed by atoms with Crippen molar-refractivity contribution in [1.82, 2.24) is 9.88 Å². The summed E-state index contributed by atoms with van der Waals surface area (Å²) in [5.41, 5.74) is 0.951. The Bertz CT molecular complexity index is 412. The molecule has 0 aliphatic carbocycles. The zero-order valence-corrected chi connectivity index (χ0v) is 12.4. The summed E-state index contributed by atoms with van der Waals surface area (Å²) in [4.78, 5) is 6.96. The third kappa shape index (κ3) is 4.06. The number of ether oxygens (including phenoxy) is 1. The first-order chi connectivity index (χ1) is 9.22. The third-order valence-corrected chi connectivity index (χ3v) is 3.90. The van der Waals surface area contributed by atoms with Crippen LogP contribution >= 0.6 is 11.6 Å². The molecule has 2 rings (SSSR count). The predicted molar refractivity (Wildman–Crippen MR) is 78.7 cm³/mol. The molecule has 0 aromatic carbocycles. The van der Waals surface area contributed by atoms with Crippen molar-refractivity contribution >= 4 is 17.4 Å². The van der Waals surface area contributed by atoms with Gasteiger partial charge in [0.2, 0.25) is 0 Å². The van der Waals surface area contributed by atoms with Crippen LogP contribution in [0.1, 0.15) is 18.5 Å². The largest absolute Gasteiger partial charge is 0.384 e. The number of pyridine rings is 1. The summed E-state index contributed by atoms with van der Waals surface area (Å²) in [7, 11) is 3.64. The summed E-state index contributed by atoms with van der Waals surface area (Å²) in [5, 5.41) is 3.80. The molecule has 106 valence electrons. The van der Waals surface area contributed by atoms with Gasteiger partial charge in [0.15, 0.2) is 0 Å². The van der Waals surface area contributed by atoms with E-state index < -0.39 is 0 Å². The molecule has 1 aliphatic rings. The molecule has 1 unspecified atom stereocenters. The molecule has 1 aliphatic heterocycles. The van der Waals surface area contributed by atoms with Crippen molar-refractivity contribution < 1.29 is 4.74 Å². The quantitative estimate of drug-likeness (QED) is 0.901. The van der Waals surface area contributed by atoms with Crippen LogP contribution in [0, 0.1) is 5.92 Å². The number of piperidine rings is 1. The first-order valence-corrected chi connectivity index (χ1v) is 7.15. The van der Waals surface area contributed by atoms with E-state index in [1.807, 2.05) is 19.2 Å². The third-order valence-electron chi connectivity index (χ3n) is 3.55. The second-order valence-corrected chi connectivity index (χ2v) is 5.48. The van der Waals surface area contributed by atoms with Gasteiger partial charge in [-0.05, 0) is 37.4 Å². The number of rotatable bonds is 5. The minimum Gasteiger partial charge on any atom is -0.384 e. The number of hydrogen-bond acceptors (Lipinski definition) is 4. The van der Waals surface area contributed by atoms with Crippen LogP contribution in [0.25, 0.3) is 0 Å². The predicted octanol–water partition coefficient (Wildman–Crippen LogP) is 2.64. The van der Waals surface area contributed by atoms with E-state index in [4.69, 9.17) is 16.3 Å². The van der Waals surface area contributed by atoms with Gasteiger partial charge in [-0.15, -0.1) is 0 Å². The zero-order valence-electron chi connectivity index (χ0n) is 11.7. The number of anilines is 1. The van der Waals surface area contributed by atoms with Crippen molar-refractivity contribution in [2.75, 3.05) is 39.2 Å². The van der Waals surface area contributed by atoms with Gasteiger partial charge in [0, 0.05) is 27.2 Å². The van der Waals surface area contributed by atoms with Crippen LogP contribution < -0.4 is 5.32 Å². The summed E-state index contributed by atoms with van der Waals surface area (Å²) in [6.07, 6.45) is 2.47. The highest BCUT2D eigenvalue weighted by atomic mass is 35.5. The molecule has 1 saturated heterocycles. The highest BCUT2D eigenvalue weighted by Gasteiger charge is 2.20. The lowest BCUT2D eigenvalue weighted by molar-refractivity contribution is 0.0868. The SMILES string of the molecule is CNc1ccc(Cl)c(CN2CCCC(COC)C2)n1. The van der Waals surface area contributed by atoms with E-state index in [1.165, 1.54) is 12.8 Å². The lowest BCUT2D eigenvalue weighted by Gasteiger charge is -2.32. The number of nitrogens with one attached hydrogen (secondary N) is 1. The first-order valence-electron chi connectivity index (χ1n) is 6.77. The fourth-order valence-electron chi connectivity index (χ4n) is 2.61. The molecule has 1 atom stereocenters. The van der Waals surface area contributed by atoms with Crippen molar-refractivity contribution in [3.63, 3.8) is 0 Å². The summed E-state index contributed by atoms with van der Waals surface area (Å²) < 4.78 is 5.26. The fourth-order valence-corrected chi connectivity index (χ4v) is 2.78. The van der Waals surface area contributed by atoms with Crippen molar-refractivity contribution in [3.8, 4) is 0 Å². The van der Waals surface area contributed by atoms with Gasteiger partial charge in [0.1, 0.15) is 5.82 Å². The number of halogens is 1.